The number of benzene rings is 1. The van der Waals surface area contributed by atoms with E-state index >= 15 is 0 Å². The van der Waals surface area contributed by atoms with Crippen LogP contribution in [0, 0.1) is 11.3 Å². The molecule has 1 aliphatic rings. The van der Waals surface area contributed by atoms with E-state index in [1.54, 1.807) is 12.1 Å². The van der Waals surface area contributed by atoms with Crippen molar-refractivity contribution in [2.24, 2.45) is 0 Å². The number of ether oxygens (including phenoxy) is 2. The van der Waals surface area contributed by atoms with E-state index in [9.17, 15) is 0 Å². The van der Waals surface area contributed by atoms with Crippen molar-refractivity contribution in [1.82, 2.24) is 0 Å². The van der Waals surface area contributed by atoms with Crippen molar-refractivity contribution >= 4 is 0 Å². The molecule has 0 bridgehead atoms. The summed E-state index contributed by atoms with van der Waals surface area (Å²) in [6.07, 6.45) is 0. The fourth-order valence-electron chi connectivity index (χ4n) is 1.12. The molecule has 1 atom stereocenters. The largest absolute Gasteiger partial charge is 0.489 e. The second-order valence-electron chi connectivity index (χ2n) is 3.64. The van der Waals surface area contributed by atoms with Gasteiger partial charge in [0.2, 0.25) is 0 Å². The number of para-hydroxylation sites is 1. The first kappa shape index (κ1) is 9.04. The molecule has 0 unspecified atom stereocenters. The van der Waals surface area contributed by atoms with E-state index in [0.717, 1.165) is 6.61 Å². The Labute approximate surface area is 82.9 Å². The minimum absolute atomic E-state index is 0.136. The van der Waals surface area contributed by atoms with Gasteiger partial charge in [0.15, 0.2) is 0 Å². The molecule has 14 heavy (non-hydrogen) atoms. The molecule has 1 aliphatic heterocycles. The third kappa shape index (κ3) is 1.86. The standard InChI is InChI=1S/C11H11NO2/c1-11(8-14-11)7-13-10-5-3-2-4-9(10)6-12/h2-5H,7-8H2,1H3/t11-/m1/s1. The maximum Gasteiger partial charge on any atom is 0.137 e. The zero-order valence-electron chi connectivity index (χ0n) is 7.99. The Kier molecular flexibility index (Phi) is 2.14. The molecular formula is C11H11NO2. The molecule has 1 heterocycles. The molecule has 0 aliphatic carbocycles. The van der Waals surface area contributed by atoms with E-state index in [2.05, 4.69) is 6.07 Å². The number of nitriles is 1. The summed E-state index contributed by atoms with van der Waals surface area (Å²) >= 11 is 0. The Morgan fingerprint density at radius 1 is 1.57 bits per heavy atom. The third-order valence-electron chi connectivity index (χ3n) is 2.18. The summed E-state index contributed by atoms with van der Waals surface area (Å²) in [4.78, 5) is 0. The van der Waals surface area contributed by atoms with Crippen LogP contribution in [0.5, 0.6) is 5.75 Å². The summed E-state index contributed by atoms with van der Waals surface area (Å²) in [5, 5.41) is 8.80. The highest BCUT2D eigenvalue weighted by Crippen LogP contribution is 2.27. The van der Waals surface area contributed by atoms with Crippen LogP contribution in [0.25, 0.3) is 0 Å². The van der Waals surface area contributed by atoms with Gasteiger partial charge in [0.25, 0.3) is 0 Å². The summed E-state index contributed by atoms with van der Waals surface area (Å²) in [7, 11) is 0. The second-order valence-corrected chi connectivity index (χ2v) is 3.64. The molecule has 1 aromatic rings. The number of epoxide rings is 1. The molecule has 1 aromatic carbocycles. The van der Waals surface area contributed by atoms with Crippen molar-refractivity contribution in [3.05, 3.63) is 29.8 Å². The van der Waals surface area contributed by atoms with E-state index in [1.165, 1.54) is 0 Å². The average Bonchev–Trinajstić information content (AvgIpc) is 2.95. The molecule has 3 nitrogen and oxygen atoms in total. The lowest BCUT2D eigenvalue weighted by Gasteiger charge is -2.09. The Morgan fingerprint density at radius 2 is 2.29 bits per heavy atom. The van der Waals surface area contributed by atoms with E-state index in [4.69, 9.17) is 14.7 Å². The molecule has 2 rings (SSSR count). The Hall–Kier alpha value is -1.53. The molecule has 3 heteroatoms. The van der Waals surface area contributed by atoms with Gasteiger partial charge < -0.3 is 9.47 Å². The van der Waals surface area contributed by atoms with Gasteiger partial charge in [-0.1, -0.05) is 12.1 Å². The number of nitrogens with zero attached hydrogens (tertiary/aromatic N) is 1. The van der Waals surface area contributed by atoms with Gasteiger partial charge in [0, 0.05) is 0 Å². The number of hydrogen-bond acceptors (Lipinski definition) is 3. The van der Waals surface area contributed by atoms with Gasteiger partial charge in [-0.05, 0) is 19.1 Å². The average molecular weight is 189 g/mol. The summed E-state index contributed by atoms with van der Waals surface area (Å²) in [5.41, 5.74) is 0.430. The first-order valence-electron chi connectivity index (χ1n) is 4.49. The van der Waals surface area contributed by atoms with E-state index < -0.39 is 0 Å². The van der Waals surface area contributed by atoms with Gasteiger partial charge in [-0.3, -0.25) is 0 Å². The second kappa shape index (κ2) is 3.32. The monoisotopic (exact) mass is 189 g/mol. The van der Waals surface area contributed by atoms with Crippen LogP contribution in [-0.4, -0.2) is 18.8 Å². The van der Waals surface area contributed by atoms with Crippen LogP contribution in [0.3, 0.4) is 0 Å². The molecular weight excluding hydrogens is 178 g/mol. The third-order valence-corrected chi connectivity index (χ3v) is 2.18. The van der Waals surface area contributed by atoms with Crippen LogP contribution in [0.15, 0.2) is 24.3 Å². The smallest absolute Gasteiger partial charge is 0.137 e. The highest BCUT2D eigenvalue weighted by Gasteiger charge is 2.40. The fraction of sp³-hybridized carbons (Fsp3) is 0.364. The van der Waals surface area contributed by atoms with Gasteiger partial charge in [-0.2, -0.15) is 5.26 Å². The van der Waals surface area contributed by atoms with Crippen LogP contribution >= 0.6 is 0 Å². The van der Waals surface area contributed by atoms with Crippen molar-refractivity contribution in [3.63, 3.8) is 0 Å². The SMILES string of the molecule is C[C@@]1(COc2ccccc2C#N)CO1. The first-order chi connectivity index (χ1) is 6.73. The van der Waals surface area contributed by atoms with Gasteiger partial charge in [0.05, 0.1) is 12.2 Å². The highest BCUT2D eigenvalue weighted by molar-refractivity contribution is 5.42. The van der Waals surface area contributed by atoms with Crippen LogP contribution in [0.1, 0.15) is 12.5 Å². The lowest BCUT2D eigenvalue weighted by molar-refractivity contribution is 0.202. The molecule has 0 radical (unpaired) electrons. The topological polar surface area (TPSA) is 45.5 Å². The predicted molar refractivity (Wildman–Crippen MR) is 51.0 cm³/mol. The van der Waals surface area contributed by atoms with Gasteiger partial charge in [-0.25, -0.2) is 0 Å². The van der Waals surface area contributed by atoms with Crippen molar-refractivity contribution in [2.45, 2.75) is 12.5 Å². The van der Waals surface area contributed by atoms with Gasteiger partial charge in [0.1, 0.15) is 24.0 Å². The maximum atomic E-state index is 8.80. The molecule has 0 spiro atoms. The summed E-state index contributed by atoms with van der Waals surface area (Å²) in [6, 6.07) is 9.30. The van der Waals surface area contributed by atoms with E-state index in [1.807, 2.05) is 19.1 Å². The summed E-state index contributed by atoms with van der Waals surface area (Å²) in [5.74, 6) is 0.631. The van der Waals surface area contributed by atoms with Crippen molar-refractivity contribution < 1.29 is 9.47 Å². The molecule has 0 amide bonds. The number of hydrogen-bond donors (Lipinski definition) is 0. The van der Waals surface area contributed by atoms with E-state index in [-0.39, 0.29) is 5.60 Å². The highest BCUT2D eigenvalue weighted by atomic mass is 16.6. The van der Waals surface area contributed by atoms with Gasteiger partial charge in [-0.15, -0.1) is 0 Å². The lowest BCUT2D eigenvalue weighted by atomic mass is 10.2. The molecule has 1 fully saturated rings. The Balaban J connectivity index is 2.05. The number of rotatable bonds is 3. The van der Waals surface area contributed by atoms with Gasteiger partial charge >= 0.3 is 0 Å². The van der Waals surface area contributed by atoms with Crippen LogP contribution in [0.2, 0.25) is 0 Å². The van der Waals surface area contributed by atoms with Crippen molar-refractivity contribution in [3.8, 4) is 11.8 Å². The van der Waals surface area contributed by atoms with Crippen LogP contribution < -0.4 is 4.74 Å². The van der Waals surface area contributed by atoms with Crippen molar-refractivity contribution in [2.75, 3.05) is 13.2 Å². The first-order valence-corrected chi connectivity index (χ1v) is 4.49. The predicted octanol–water partition coefficient (Wildman–Crippen LogP) is 1.73. The quantitative estimate of drug-likeness (QED) is 0.680. The zero-order valence-corrected chi connectivity index (χ0v) is 7.99. The minimum Gasteiger partial charge on any atom is -0.489 e. The lowest BCUT2D eigenvalue weighted by Crippen LogP contribution is -2.17. The normalized spacial score (nSPS) is 24.0. The molecule has 72 valence electrons. The van der Waals surface area contributed by atoms with Crippen LogP contribution in [-0.2, 0) is 4.74 Å². The maximum absolute atomic E-state index is 8.80. The molecule has 1 saturated heterocycles. The molecule has 0 saturated carbocycles. The van der Waals surface area contributed by atoms with Crippen LogP contribution in [0.4, 0.5) is 0 Å². The molecule has 0 aromatic heterocycles. The minimum atomic E-state index is -0.136. The molecule has 0 N–H and O–H groups in total. The van der Waals surface area contributed by atoms with Crippen molar-refractivity contribution in [1.29, 1.82) is 5.26 Å². The van der Waals surface area contributed by atoms with E-state index in [0.29, 0.717) is 17.9 Å². The fourth-order valence-corrected chi connectivity index (χ4v) is 1.12. The Morgan fingerprint density at radius 3 is 2.93 bits per heavy atom. The Bertz CT molecular complexity index is 377. The summed E-state index contributed by atoms with van der Waals surface area (Å²) in [6.45, 7) is 3.23. The zero-order chi connectivity index (χ0) is 10.0. The summed E-state index contributed by atoms with van der Waals surface area (Å²) < 4.78 is 10.7.